The van der Waals surface area contributed by atoms with E-state index in [1.54, 1.807) is 24.3 Å². The summed E-state index contributed by atoms with van der Waals surface area (Å²) in [5, 5.41) is 11.0. The van der Waals surface area contributed by atoms with E-state index in [0.717, 1.165) is 40.2 Å². The first-order valence-electron chi connectivity index (χ1n) is 16.6. The van der Waals surface area contributed by atoms with Crippen LogP contribution in [0.1, 0.15) is 45.7 Å². The molecule has 284 valence electrons. The molecule has 2 saturated heterocycles. The van der Waals surface area contributed by atoms with Crippen molar-refractivity contribution in [2.24, 2.45) is 0 Å². The van der Waals surface area contributed by atoms with Gasteiger partial charge in [-0.1, -0.05) is 60.7 Å². The number of hydrogen-bond acceptors (Lipinski definition) is 16. The fraction of sp³-hybridized carbons (Fsp3) is 0.528. The van der Waals surface area contributed by atoms with Crippen molar-refractivity contribution in [1.29, 1.82) is 0 Å². The third-order valence-electron chi connectivity index (χ3n) is 7.83. The fourth-order valence-electron chi connectivity index (χ4n) is 5.78. The van der Waals surface area contributed by atoms with Crippen LogP contribution in [0.15, 0.2) is 60.7 Å². The molecule has 10 atom stereocenters. The highest BCUT2D eigenvalue weighted by Crippen LogP contribution is 2.35. The summed E-state index contributed by atoms with van der Waals surface area (Å²) in [5.74, 6) is -3.84. The van der Waals surface area contributed by atoms with E-state index in [1.165, 1.54) is 0 Å². The van der Waals surface area contributed by atoms with Gasteiger partial charge in [0.2, 0.25) is 0 Å². The van der Waals surface area contributed by atoms with Crippen molar-refractivity contribution in [3.05, 3.63) is 71.8 Å². The van der Waals surface area contributed by atoms with Gasteiger partial charge < -0.3 is 52.5 Å². The molecule has 2 aliphatic heterocycles. The van der Waals surface area contributed by atoms with E-state index in [0.29, 0.717) is 5.56 Å². The normalized spacial score (nSPS) is 28.6. The second-order valence-corrected chi connectivity index (χ2v) is 12.1. The molecule has 1 N–H and O–H groups in total. The van der Waals surface area contributed by atoms with E-state index in [1.807, 2.05) is 36.4 Å². The Morgan fingerprint density at radius 1 is 0.558 bits per heavy atom. The summed E-state index contributed by atoms with van der Waals surface area (Å²) in [6.45, 7) is 5.01. The van der Waals surface area contributed by atoms with Crippen LogP contribution in [0.5, 0.6) is 0 Å². The SMILES string of the molecule is CC(=O)OC[C@H]1O[C@H](O[C@@H]2[C@H](OC(C)=O)[C@@H](OC(C)=O)[C@H](O)O[C@@H]2COCc2ccccc2)[C@H](OCc2ccccc2)[C@@H](OC(C)=O)[C@H]1OC(C)=O. The number of carbonyl (C=O) groups excluding carboxylic acids is 5. The Morgan fingerprint density at radius 3 is 1.58 bits per heavy atom. The lowest BCUT2D eigenvalue weighted by molar-refractivity contribution is -0.362. The number of benzene rings is 2. The van der Waals surface area contributed by atoms with Crippen molar-refractivity contribution < 1.29 is 76.4 Å². The minimum atomic E-state index is -1.78. The number of aliphatic hydroxyl groups excluding tert-OH is 1. The Morgan fingerprint density at radius 2 is 1.04 bits per heavy atom. The smallest absolute Gasteiger partial charge is 0.303 e. The number of rotatable bonds is 15. The molecule has 2 heterocycles. The molecule has 4 rings (SSSR count). The molecule has 2 fully saturated rings. The van der Waals surface area contributed by atoms with Crippen LogP contribution in [0.3, 0.4) is 0 Å². The standard InChI is InChI=1S/C36H44O16/c1-20(37)44-19-28-29(46-21(2)38)32(48-23(4)40)34(45-17-26-14-10-7-11-15-26)36(51-28)52-30-27(18-43-16-25-12-8-6-9-13-25)50-35(42)33(49-24(5)41)31(30)47-22(3)39/h6-15,27-36,42H,16-19H2,1-5H3/t27-,28-,29+,30+,31+,32+,33-,34-,35-,36-/m1/s1. The lowest BCUT2D eigenvalue weighted by atomic mass is 9.96. The van der Waals surface area contributed by atoms with Gasteiger partial charge in [-0.05, 0) is 11.1 Å². The van der Waals surface area contributed by atoms with Gasteiger partial charge in [0.05, 0.1) is 19.8 Å². The van der Waals surface area contributed by atoms with Crippen LogP contribution in [0, 0.1) is 0 Å². The molecule has 0 aromatic heterocycles. The summed E-state index contributed by atoms with van der Waals surface area (Å²) in [7, 11) is 0. The van der Waals surface area contributed by atoms with Gasteiger partial charge in [0.15, 0.2) is 37.0 Å². The van der Waals surface area contributed by atoms with Gasteiger partial charge in [0, 0.05) is 34.6 Å². The van der Waals surface area contributed by atoms with E-state index >= 15 is 0 Å². The summed E-state index contributed by atoms with van der Waals surface area (Å²) in [4.78, 5) is 61.3. The highest BCUT2D eigenvalue weighted by atomic mass is 16.8. The van der Waals surface area contributed by atoms with Crippen molar-refractivity contribution in [3.8, 4) is 0 Å². The van der Waals surface area contributed by atoms with E-state index in [-0.39, 0.29) is 19.8 Å². The molecule has 0 bridgehead atoms. The van der Waals surface area contributed by atoms with Crippen LogP contribution in [-0.4, -0.2) is 110 Å². The van der Waals surface area contributed by atoms with Crippen molar-refractivity contribution >= 4 is 29.8 Å². The average molecular weight is 733 g/mol. The molecule has 52 heavy (non-hydrogen) atoms. The lowest BCUT2D eigenvalue weighted by Crippen LogP contribution is -2.67. The zero-order valence-electron chi connectivity index (χ0n) is 29.4. The average Bonchev–Trinajstić information content (AvgIpc) is 3.08. The topological polar surface area (TPSA) is 198 Å². The number of ether oxygens (including phenoxy) is 10. The second-order valence-electron chi connectivity index (χ2n) is 12.1. The van der Waals surface area contributed by atoms with Crippen molar-refractivity contribution in [3.63, 3.8) is 0 Å². The van der Waals surface area contributed by atoms with Crippen LogP contribution in [0.25, 0.3) is 0 Å². The number of esters is 5. The Hall–Kier alpha value is -4.45. The molecular formula is C36H44O16. The minimum absolute atomic E-state index is 0.0686. The second kappa shape index (κ2) is 19.4. The van der Waals surface area contributed by atoms with Crippen LogP contribution in [-0.2, 0) is 84.6 Å². The molecule has 2 aromatic rings. The van der Waals surface area contributed by atoms with Crippen LogP contribution >= 0.6 is 0 Å². The van der Waals surface area contributed by atoms with E-state index < -0.39 is 97.9 Å². The predicted molar refractivity (Wildman–Crippen MR) is 174 cm³/mol. The molecule has 16 nitrogen and oxygen atoms in total. The maximum Gasteiger partial charge on any atom is 0.303 e. The first kappa shape index (κ1) is 40.3. The number of carbonyl (C=O) groups is 5. The van der Waals surface area contributed by atoms with Gasteiger partial charge in [-0.15, -0.1) is 0 Å². The number of aliphatic hydroxyl groups is 1. The van der Waals surface area contributed by atoms with Crippen molar-refractivity contribution in [2.75, 3.05) is 13.2 Å². The Kier molecular flexibility index (Phi) is 15.0. The Bertz CT molecular complexity index is 1490. The summed E-state index contributed by atoms with van der Waals surface area (Å²) in [6.07, 6.45) is -14.4. The van der Waals surface area contributed by atoms with Gasteiger partial charge in [-0.3, -0.25) is 24.0 Å². The summed E-state index contributed by atoms with van der Waals surface area (Å²) < 4.78 is 58.3. The van der Waals surface area contributed by atoms with Gasteiger partial charge in [-0.2, -0.15) is 0 Å². The summed E-state index contributed by atoms with van der Waals surface area (Å²) in [5.41, 5.74) is 1.53. The third kappa shape index (κ3) is 11.8. The highest BCUT2D eigenvalue weighted by Gasteiger charge is 2.56. The van der Waals surface area contributed by atoms with Gasteiger partial charge >= 0.3 is 29.8 Å². The molecule has 0 amide bonds. The lowest BCUT2D eigenvalue weighted by Gasteiger charge is -2.48. The molecule has 2 aromatic carbocycles. The van der Waals surface area contributed by atoms with Crippen LogP contribution < -0.4 is 0 Å². The molecule has 0 unspecified atom stereocenters. The zero-order chi connectivity index (χ0) is 37.8. The molecule has 16 heteroatoms. The first-order valence-corrected chi connectivity index (χ1v) is 16.6. The van der Waals surface area contributed by atoms with Crippen molar-refractivity contribution in [2.45, 2.75) is 109 Å². The van der Waals surface area contributed by atoms with E-state index in [9.17, 15) is 29.1 Å². The monoisotopic (exact) mass is 732 g/mol. The van der Waals surface area contributed by atoms with E-state index in [4.69, 9.17) is 47.4 Å². The zero-order valence-corrected chi connectivity index (χ0v) is 29.4. The van der Waals surface area contributed by atoms with Gasteiger partial charge in [0.25, 0.3) is 0 Å². The van der Waals surface area contributed by atoms with E-state index in [2.05, 4.69) is 0 Å². The summed E-state index contributed by atoms with van der Waals surface area (Å²) >= 11 is 0. The first-order chi connectivity index (χ1) is 24.8. The third-order valence-corrected chi connectivity index (χ3v) is 7.83. The largest absolute Gasteiger partial charge is 0.463 e. The molecule has 0 saturated carbocycles. The molecule has 0 radical (unpaired) electrons. The minimum Gasteiger partial charge on any atom is -0.463 e. The quantitative estimate of drug-likeness (QED) is 0.206. The van der Waals surface area contributed by atoms with Gasteiger partial charge in [-0.25, -0.2) is 0 Å². The maximum atomic E-state index is 12.5. The Labute approximate surface area is 300 Å². The van der Waals surface area contributed by atoms with Crippen LogP contribution in [0.2, 0.25) is 0 Å². The van der Waals surface area contributed by atoms with Crippen LogP contribution in [0.4, 0.5) is 0 Å². The van der Waals surface area contributed by atoms with Crippen molar-refractivity contribution in [1.82, 2.24) is 0 Å². The fourth-order valence-corrected chi connectivity index (χ4v) is 5.78. The summed E-state index contributed by atoms with van der Waals surface area (Å²) in [6, 6.07) is 18.1. The molecule has 2 aliphatic rings. The predicted octanol–water partition coefficient (Wildman–Crippen LogP) is 1.91. The number of hydrogen-bond donors (Lipinski definition) is 1. The highest BCUT2D eigenvalue weighted by molar-refractivity contribution is 5.68. The molecule has 0 aliphatic carbocycles. The molecular weight excluding hydrogens is 688 g/mol. The molecule has 0 spiro atoms. The Balaban J connectivity index is 1.76. The maximum absolute atomic E-state index is 12.5. The van der Waals surface area contributed by atoms with Gasteiger partial charge in [0.1, 0.15) is 31.0 Å².